The third-order valence-electron chi connectivity index (χ3n) is 1.20. The molecular weight excluding hydrogens is 212 g/mol. The number of carboxylic acids is 1. The second-order valence-electron chi connectivity index (χ2n) is 2.07. The van der Waals surface area contributed by atoms with E-state index in [9.17, 15) is 4.79 Å². The molecule has 0 spiro atoms. The van der Waals surface area contributed by atoms with Crippen LogP contribution in [0.25, 0.3) is 0 Å². The van der Waals surface area contributed by atoms with Crippen LogP contribution in [0.3, 0.4) is 0 Å². The lowest BCUT2D eigenvalue weighted by molar-refractivity contribution is -0.136. The molecule has 0 fully saturated rings. The summed E-state index contributed by atoms with van der Waals surface area (Å²) in [4.78, 5) is 13.6. The topological polar surface area (TPSA) is 55.1 Å². The molecule has 1 atom stereocenters. The summed E-state index contributed by atoms with van der Waals surface area (Å²) in [5.74, 6) is -0.862. The van der Waals surface area contributed by atoms with Crippen molar-refractivity contribution in [2.45, 2.75) is 11.4 Å². The van der Waals surface area contributed by atoms with E-state index in [-0.39, 0.29) is 0 Å². The lowest BCUT2D eigenvalue weighted by Gasteiger charge is -2.03. The molecule has 0 aliphatic carbocycles. The van der Waals surface area contributed by atoms with Crippen LogP contribution in [0.2, 0.25) is 0 Å². The first-order valence-electron chi connectivity index (χ1n) is 3.03. The fraction of sp³-hybridized carbons (Fsp3) is 0.333. The highest BCUT2D eigenvalue weighted by molar-refractivity contribution is 9.10. The third kappa shape index (κ3) is 2.34. The van der Waals surface area contributed by atoms with Crippen molar-refractivity contribution in [3.63, 3.8) is 0 Å². The van der Waals surface area contributed by atoms with E-state index in [0.717, 1.165) is 0 Å². The van der Waals surface area contributed by atoms with Gasteiger partial charge < -0.3 is 9.67 Å². The Labute approximate surface area is 72.0 Å². The number of rotatable bonds is 3. The minimum absolute atomic E-state index is 0.398. The summed E-state index contributed by atoms with van der Waals surface area (Å²) in [6, 6.07) is 0. The van der Waals surface area contributed by atoms with Crippen molar-refractivity contribution in [3.8, 4) is 0 Å². The molecule has 0 aliphatic heterocycles. The molecule has 1 heterocycles. The maximum Gasteiger partial charge on any atom is 0.319 e. The van der Waals surface area contributed by atoms with E-state index in [1.807, 2.05) is 0 Å². The highest BCUT2D eigenvalue weighted by Gasteiger charge is 2.12. The second-order valence-corrected chi connectivity index (χ2v) is 3.17. The molecule has 4 nitrogen and oxygen atoms in total. The van der Waals surface area contributed by atoms with Gasteiger partial charge in [-0.05, 0) is 0 Å². The van der Waals surface area contributed by atoms with Gasteiger partial charge in [0.2, 0.25) is 0 Å². The Hall–Kier alpha value is -0.840. The zero-order chi connectivity index (χ0) is 8.27. The Morgan fingerprint density at radius 2 is 2.55 bits per heavy atom. The van der Waals surface area contributed by atoms with Gasteiger partial charge in [0.05, 0.1) is 6.33 Å². The maximum atomic E-state index is 10.3. The van der Waals surface area contributed by atoms with Gasteiger partial charge in [-0.3, -0.25) is 4.79 Å². The van der Waals surface area contributed by atoms with E-state index in [1.165, 1.54) is 0 Å². The first kappa shape index (κ1) is 8.26. The number of imidazole rings is 1. The van der Waals surface area contributed by atoms with Gasteiger partial charge >= 0.3 is 5.97 Å². The van der Waals surface area contributed by atoms with E-state index in [4.69, 9.17) is 5.11 Å². The van der Waals surface area contributed by atoms with E-state index in [2.05, 4.69) is 20.9 Å². The van der Waals surface area contributed by atoms with Crippen LogP contribution in [0, 0.1) is 0 Å². The summed E-state index contributed by atoms with van der Waals surface area (Å²) in [5, 5.41) is 8.50. The minimum Gasteiger partial charge on any atom is -0.480 e. The number of carbonyl (C=O) groups is 1. The molecule has 0 aliphatic rings. The van der Waals surface area contributed by atoms with Gasteiger partial charge in [0.15, 0.2) is 0 Å². The molecule has 0 amide bonds. The van der Waals surface area contributed by atoms with Crippen LogP contribution < -0.4 is 0 Å². The van der Waals surface area contributed by atoms with Crippen LogP contribution >= 0.6 is 15.9 Å². The molecule has 1 N–H and O–H groups in total. The van der Waals surface area contributed by atoms with Crippen LogP contribution in [0.4, 0.5) is 0 Å². The van der Waals surface area contributed by atoms with Crippen molar-refractivity contribution >= 4 is 21.9 Å². The second kappa shape index (κ2) is 3.52. The van der Waals surface area contributed by atoms with Gasteiger partial charge in [-0.2, -0.15) is 0 Å². The van der Waals surface area contributed by atoms with Crippen LogP contribution in [0.1, 0.15) is 0 Å². The largest absolute Gasteiger partial charge is 0.480 e. The third-order valence-corrected chi connectivity index (χ3v) is 1.88. The fourth-order valence-corrected chi connectivity index (χ4v) is 0.992. The minimum atomic E-state index is -0.862. The van der Waals surface area contributed by atoms with Crippen LogP contribution in [-0.2, 0) is 11.3 Å². The average molecular weight is 219 g/mol. The van der Waals surface area contributed by atoms with Crippen LogP contribution in [0.5, 0.6) is 0 Å². The van der Waals surface area contributed by atoms with Gasteiger partial charge in [-0.15, -0.1) is 0 Å². The molecule has 0 saturated heterocycles. The Kier molecular flexibility index (Phi) is 2.64. The lowest BCUT2D eigenvalue weighted by atomic mass is 10.4. The van der Waals surface area contributed by atoms with Crippen molar-refractivity contribution in [3.05, 3.63) is 18.7 Å². The van der Waals surface area contributed by atoms with Crippen molar-refractivity contribution in [1.82, 2.24) is 9.55 Å². The van der Waals surface area contributed by atoms with Gasteiger partial charge in [-0.1, -0.05) is 15.9 Å². The zero-order valence-electron chi connectivity index (χ0n) is 5.64. The van der Waals surface area contributed by atoms with Crippen molar-refractivity contribution in [2.24, 2.45) is 0 Å². The maximum absolute atomic E-state index is 10.3. The smallest absolute Gasteiger partial charge is 0.319 e. The first-order chi connectivity index (χ1) is 5.20. The van der Waals surface area contributed by atoms with Crippen molar-refractivity contribution < 1.29 is 9.90 Å². The summed E-state index contributed by atoms with van der Waals surface area (Å²) in [5.41, 5.74) is 0. The number of halogens is 1. The Morgan fingerprint density at radius 3 is 3.00 bits per heavy atom. The van der Waals surface area contributed by atoms with Gasteiger partial charge in [0.1, 0.15) is 4.83 Å². The van der Waals surface area contributed by atoms with Crippen LogP contribution in [-0.4, -0.2) is 25.5 Å². The van der Waals surface area contributed by atoms with Crippen LogP contribution in [0.15, 0.2) is 18.7 Å². The Balaban J connectivity index is 2.50. The summed E-state index contributed by atoms with van der Waals surface area (Å²) in [7, 11) is 0. The number of carboxylic acid groups (broad SMARTS) is 1. The first-order valence-corrected chi connectivity index (χ1v) is 3.94. The zero-order valence-corrected chi connectivity index (χ0v) is 7.23. The molecule has 0 bridgehead atoms. The number of hydrogen-bond acceptors (Lipinski definition) is 2. The van der Waals surface area contributed by atoms with E-state index < -0.39 is 10.8 Å². The quantitative estimate of drug-likeness (QED) is 0.762. The molecule has 1 unspecified atom stereocenters. The Morgan fingerprint density at radius 1 is 1.82 bits per heavy atom. The Bertz CT molecular complexity index is 235. The number of alkyl halides is 1. The molecule has 1 rings (SSSR count). The van der Waals surface area contributed by atoms with Crippen molar-refractivity contribution in [2.75, 3.05) is 0 Å². The summed E-state index contributed by atoms with van der Waals surface area (Å²) in [6.45, 7) is 0.398. The van der Waals surface area contributed by atoms with E-state index >= 15 is 0 Å². The predicted octanol–water partition coefficient (Wildman–Crippen LogP) is 0.731. The molecular formula is C6H7BrN2O2. The average Bonchev–Trinajstić information content (AvgIpc) is 2.39. The number of aliphatic carboxylic acids is 1. The van der Waals surface area contributed by atoms with Gasteiger partial charge in [0.25, 0.3) is 0 Å². The highest BCUT2D eigenvalue weighted by atomic mass is 79.9. The van der Waals surface area contributed by atoms with Crippen molar-refractivity contribution in [1.29, 1.82) is 0 Å². The summed E-state index contributed by atoms with van der Waals surface area (Å²) >= 11 is 3.02. The predicted molar refractivity (Wildman–Crippen MR) is 42.6 cm³/mol. The monoisotopic (exact) mass is 218 g/mol. The molecule has 60 valence electrons. The van der Waals surface area contributed by atoms with Gasteiger partial charge in [-0.25, -0.2) is 4.98 Å². The molecule has 1 aromatic rings. The number of nitrogens with zero attached hydrogens (tertiary/aromatic N) is 2. The molecule has 1 aromatic heterocycles. The normalized spacial score (nSPS) is 12.8. The highest BCUT2D eigenvalue weighted by Crippen LogP contribution is 2.02. The molecule has 5 heteroatoms. The van der Waals surface area contributed by atoms with E-state index in [0.29, 0.717) is 6.54 Å². The molecule has 0 aromatic carbocycles. The standard InChI is InChI=1S/C6H7BrN2O2/c7-5(6(10)11)3-9-2-1-8-4-9/h1-2,4-5H,3H2,(H,10,11). The van der Waals surface area contributed by atoms with E-state index in [1.54, 1.807) is 23.3 Å². The lowest BCUT2D eigenvalue weighted by Crippen LogP contribution is -2.18. The van der Waals surface area contributed by atoms with Gasteiger partial charge in [0, 0.05) is 18.9 Å². The molecule has 0 radical (unpaired) electrons. The summed E-state index contributed by atoms with van der Waals surface area (Å²) in [6.07, 6.45) is 4.91. The number of hydrogen-bond donors (Lipinski definition) is 1. The molecule has 11 heavy (non-hydrogen) atoms. The SMILES string of the molecule is O=C(O)C(Br)Cn1ccnc1. The summed E-state index contributed by atoms with van der Waals surface area (Å²) < 4.78 is 1.70. The molecule has 0 saturated carbocycles. The number of aromatic nitrogens is 2. The fourth-order valence-electron chi connectivity index (χ4n) is 0.658.